The molecule has 19 heavy (non-hydrogen) atoms. The first-order chi connectivity index (χ1) is 8.81. The third kappa shape index (κ3) is 4.11. The van der Waals surface area contributed by atoms with Crippen LogP contribution in [0.5, 0.6) is 0 Å². The summed E-state index contributed by atoms with van der Waals surface area (Å²) in [4.78, 5) is 0. The second-order valence-corrected chi connectivity index (χ2v) is 5.45. The van der Waals surface area contributed by atoms with Gasteiger partial charge in [-0.1, -0.05) is 26.2 Å². The average molecular weight is 278 g/mol. The third-order valence-corrected chi connectivity index (χ3v) is 3.68. The smallest absolute Gasteiger partial charge is 0.197 e. The minimum atomic E-state index is -2.02. The molecular weight excluding hydrogens is 252 g/mol. The van der Waals surface area contributed by atoms with Crippen LogP contribution in [-0.2, 0) is 4.74 Å². The zero-order valence-corrected chi connectivity index (χ0v) is 11.6. The first-order valence-electron chi connectivity index (χ1n) is 6.94. The number of hydrogen-bond acceptors (Lipinski definition) is 6. The lowest BCUT2D eigenvalue weighted by Gasteiger charge is -2.45. The standard InChI is InChI=1S/C13H26O6/c1-3-4-5-6-9(14)7-13(18)12(17)11(16)10(15)8(2)19-13/h8-12,14-18H,3-7H2,1-2H3/t8-,9?,10+,11+,12-,13+/m0/s1. The molecule has 0 amide bonds. The van der Waals surface area contributed by atoms with Gasteiger partial charge in [0.15, 0.2) is 5.79 Å². The summed E-state index contributed by atoms with van der Waals surface area (Å²) in [6, 6.07) is 0. The molecule has 0 aromatic carbocycles. The summed E-state index contributed by atoms with van der Waals surface area (Å²) in [5.41, 5.74) is 0. The summed E-state index contributed by atoms with van der Waals surface area (Å²) >= 11 is 0. The van der Waals surface area contributed by atoms with Crippen molar-refractivity contribution in [2.45, 2.75) is 82.3 Å². The number of rotatable bonds is 6. The van der Waals surface area contributed by atoms with Gasteiger partial charge in [0.05, 0.1) is 12.2 Å². The van der Waals surface area contributed by atoms with E-state index in [0.717, 1.165) is 19.3 Å². The van der Waals surface area contributed by atoms with Crippen LogP contribution in [0.4, 0.5) is 0 Å². The molecule has 114 valence electrons. The highest BCUT2D eigenvalue weighted by molar-refractivity contribution is 4.95. The Morgan fingerprint density at radius 2 is 1.79 bits per heavy atom. The van der Waals surface area contributed by atoms with Crippen molar-refractivity contribution in [3.05, 3.63) is 0 Å². The Kier molecular flexibility index (Phi) is 6.16. The molecule has 6 atom stereocenters. The molecule has 0 spiro atoms. The van der Waals surface area contributed by atoms with E-state index >= 15 is 0 Å². The molecule has 0 aliphatic carbocycles. The first-order valence-corrected chi connectivity index (χ1v) is 6.94. The maximum Gasteiger partial charge on any atom is 0.197 e. The second-order valence-electron chi connectivity index (χ2n) is 5.45. The predicted molar refractivity (Wildman–Crippen MR) is 68.3 cm³/mol. The number of aliphatic hydroxyl groups is 5. The highest BCUT2D eigenvalue weighted by Crippen LogP contribution is 2.32. The lowest BCUT2D eigenvalue weighted by atomic mass is 9.89. The fourth-order valence-electron chi connectivity index (χ4n) is 2.43. The van der Waals surface area contributed by atoms with Gasteiger partial charge in [0, 0.05) is 6.42 Å². The molecule has 1 aliphatic heterocycles. The zero-order chi connectivity index (χ0) is 14.6. The Balaban J connectivity index is 2.58. The van der Waals surface area contributed by atoms with Gasteiger partial charge in [-0.2, -0.15) is 0 Å². The highest BCUT2D eigenvalue weighted by atomic mass is 16.7. The lowest BCUT2D eigenvalue weighted by Crippen LogP contribution is -2.64. The largest absolute Gasteiger partial charge is 0.393 e. The molecule has 1 fully saturated rings. The molecule has 6 heteroatoms. The van der Waals surface area contributed by atoms with Gasteiger partial charge in [0.25, 0.3) is 0 Å². The van der Waals surface area contributed by atoms with E-state index in [2.05, 4.69) is 0 Å². The van der Waals surface area contributed by atoms with E-state index in [1.807, 2.05) is 6.92 Å². The van der Waals surface area contributed by atoms with Crippen molar-refractivity contribution in [3.63, 3.8) is 0 Å². The molecule has 5 N–H and O–H groups in total. The third-order valence-electron chi connectivity index (χ3n) is 3.68. The summed E-state index contributed by atoms with van der Waals surface area (Å²) in [5.74, 6) is -2.02. The van der Waals surface area contributed by atoms with Gasteiger partial charge < -0.3 is 30.3 Å². The maximum absolute atomic E-state index is 10.2. The van der Waals surface area contributed by atoms with Crippen molar-refractivity contribution < 1.29 is 30.3 Å². The van der Waals surface area contributed by atoms with Gasteiger partial charge in [-0.25, -0.2) is 0 Å². The van der Waals surface area contributed by atoms with Crippen molar-refractivity contribution in [3.8, 4) is 0 Å². The molecular formula is C13H26O6. The minimum Gasteiger partial charge on any atom is -0.393 e. The Hall–Kier alpha value is -0.240. The number of hydrogen-bond donors (Lipinski definition) is 5. The van der Waals surface area contributed by atoms with Crippen LogP contribution in [0.2, 0.25) is 0 Å². The van der Waals surface area contributed by atoms with Crippen LogP contribution in [0.1, 0.15) is 46.0 Å². The van der Waals surface area contributed by atoms with Gasteiger partial charge in [0.2, 0.25) is 0 Å². The summed E-state index contributed by atoms with van der Waals surface area (Å²) in [6.07, 6.45) is -2.87. The molecule has 0 radical (unpaired) electrons. The monoisotopic (exact) mass is 278 g/mol. The average Bonchev–Trinajstić information content (AvgIpc) is 2.34. The van der Waals surface area contributed by atoms with Gasteiger partial charge >= 0.3 is 0 Å². The topological polar surface area (TPSA) is 110 Å². The maximum atomic E-state index is 10.2. The van der Waals surface area contributed by atoms with E-state index in [9.17, 15) is 25.5 Å². The molecule has 6 nitrogen and oxygen atoms in total. The van der Waals surface area contributed by atoms with E-state index in [1.54, 1.807) is 0 Å². The molecule has 0 aromatic heterocycles. The summed E-state index contributed by atoms with van der Waals surface area (Å²) in [7, 11) is 0. The van der Waals surface area contributed by atoms with Gasteiger partial charge in [-0.3, -0.25) is 0 Å². The van der Waals surface area contributed by atoms with E-state index in [1.165, 1.54) is 6.92 Å². The van der Waals surface area contributed by atoms with E-state index < -0.39 is 36.3 Å². The van der Waals surface area contributed by atoms with Crippen molar-refractivity contribution >= 4 is 0 Å². The molecule has 0 saturated carbocycles. The SMILES string of the molecule is CCCCCC(O)C[C@@]1(O)O[C@@H](C)[C@@H](O)[C@@H](O)[C@@H]1O. The Morgan fingerprint density at radius 3 is 2.37 bits per heavy atom. The quantitative estimate of drug-likeness (QED) is 0.419. The van der Waals surface area contributed by atoms with Crippen LogP contribution in [0, 0.1) is 0 Å². The molecule has 0 aromatic rings. The van der Waals surface area contributed by atoms with Crippen molar-refractivity contribution in [2.24, 2.45) is 0 Å². The fraction of sp³-hybridized carbons (Fsp3) is 1.00. The van der Waals surface area contributed by atoms with Crippen molar-refractivity contribution in [2.75, 3.05) is 0 Å². The van der Waals surface area contributed by atoms with Crippen LogP contribution in [-0.4, -0.2) is 61.8 Å². The van der Waals surface area contributed by atoms with Gasteiger partial charge in [-0.05, 0) is 13.3 Å². The number of unbranched alkanes of at least 4 members (excludes halogenated alkanes) is 2. The minimum absolute atomic E-state index is 0.188. The Labute approximate surface area is 113 Å². The van der Waals surface area contributed by atoms with E-state index in [-0.39, 0.29) is 6.42 Å². The van der Waals surface area contributed by atoms with Crippen LogP contribution < -0.4 is 0 Å². The molecule has 1 unspecified atom stereocenters. The molecule has 1 rings (SSSR count). The second kappa shape index (κ2) is 6.97. The van der Waals surface area contributed by atoms with E-state index in [0.29, 0.717) is 6.42 Å². The van der Waals surface area contributed by atoms with E-state index in [4.69, 9.17) is 4.74 Å². The van der Waals surface area contributed by atoms with Crippen LogP contribution in [0.3, 0.4) is 0 Å². The van der Waals surface area contributed by atoms with Crippen LogP contribution in [0.15, 0.2) is 0 Å². The van der Waals surface area contributed by atoms with Crippen LogP contribution >= 0.6 is 0 Å². The normalized spacial score (nSPS) is 41.2. The number of ether oxygens (including phenoxy) is 1. The summed E-state index contributed by atoms with van der Waals surface area (Å²) in [5, 5.41) is 49.1. The van der Waals surface area contributed by atoms with Gasteiger partial charge in [0.1, 0.15) is 18.3 Å². The summed E-state index contributed by atoms with van der Waals surface area (Å²) < 4.78 is 5.18. The number of aliphatic hydroxyl groups excluding tert-OH is 4. The summed E-state index contributed by atoms with van der Waals surface area (Å²) in [6.45, 7) is 3.54. The zero-order valence-electron chi connectivity index (χ0n) is 11.6. The molecule has 1 saturated heterocycles. The van der Waals surface area contributed by atoms with Crippen molar-refractivity contribution in [1.29, 1.82) is 0 Å². The fourth-order valence-corrected chi connectivity index (χ4v) is 2.43. The molecule has 0 bridgehead atoms. The predicted octanol–water partition coefficient (Wildman–Crippen LogP) is -0.492. The molecule has 1 aliphatic rings. The lowest BCUT2D eigenvalue weighted by molar-refractivity contribution is -0.349. The van der Waals surface area contributed by atoms with Gasteiger partial charge in [-0.15, -0.1) is 0 Å². The Morgan fingerprint density at radius 1 is 1.16 bits per heavy atom. The van der Waals surface area contributed by atoms with Crippen molar-refractivity contribution in [1.82, 2.24) is 0 Å². The highest BCUT2D eigenvalue weighted by Gasteiger charge is 2.51. The van der Waals surface area contributed by atoms with Crippen LogP contribution in [0.25, 0.3) is 0 Å². The first kappa shape index (κ1) is 16.8. The Bertz CT molecular complexity index is 274. The molecule has 1 heterocycles.